The Labute approximate surface area is 226 Å². The predicted molar refractivity (Wildman–Crippen MR) is 143 cm³/mol. The summed E-state index contributed by atoms with van der Waals surface area (Å²) in [4.78, 5) is 27.7. The van der Waals surface area contributed by atoms with Crippen LogP contribution in [-0.4, -0.2) is 50.0 Å². The number of anilines is 1. The van der Waals surface area contributed by atoms with E-state index in [9.17, 15) is 18.0 Å². The average molecular weight is 583 g/mol. The number of nitrogens with zero attached hydrogens (tertiary/aromatic N) is 2. The lowest BCUT2D eigenvalue weighted by Crippen LogP contribution is -2.52. The summed E-state index contributed by atoms with van der Waals surface area (Å²) in [6, 6.07) is 8.45. The third kappa shape index (κ3) is 7.89. The SMILES string of the molecule is CC[C@@H](C)NC(=O)[C@H](C)N(Cc1ccccc1Cl)C(=O)CN(c1cc(Cl)c(Cl)cc1Cl)S(C)(=O)=O. The molecule has 0 saturated heterocycles. The number of halogens is 4. The van der Waals surface area contributed by atoms with E-state index < -0.39 is 28.5 Å². The summed E-state index contributed by atoms with van der Waals surface area (Å²) in [5.74, 6) is -1.01. The lowest BCUT2D eigenvalue weighted by atomic mass is 10.1. The van der Waals surface area contributed by atoms with Gasteiger partial charge in [0.1, 0.15) is 12.6 Å². The zero-order chi connectivity index (χ0) is 26.5. The van der Waals surface area contributed by atoms with E-state index in [0.29, 0.717) is 17.0 Å². The van der Waals surface area contributed by atoms with Crippen LogP contribution in [0.4, 0.5) is 5.69 Å². The smallest absolute Gasteiger partial charge is 0.244 e. The van der Waals surface area contributed by atoms with Gasteiger partial charge >= 0.3 is 0 Å². The molecule has 2 rings (SSSR count). The molecule has 0 heterocycles. The van der Waals surface area contributed by atoms with Crippen molar-refractivity contribution < 1.29 is 18.0 Å². The largest absolute Gasteiger partial charge is 0.352 e. The summed E-state index contributed by atoms with van der Waals surface area (Å²) in [5, 5.41) is 3.47. The monoisotopic (exact) mass is 581 g/mol. The Bertz CT molecular complexity index is 1190. The minimum absolute atomic E-state index is 0.00200. The highest BCUT2D eigenvalue weighted by atomic mass is 35.5. The third-order valence-corrected chi connectivity index (χ3v) is 7.92. The zero-order valence-corrected chi connectivity index (χ0v) is 23.5. The molecule has 0 unspecified atom stereocenters. The van der Waals surface area contributed by atoms with Gasteiger partial charge in [0.2, 0.25) is 21.8 Å². The predicted octanol–water partition coefficient (Wildman–Crippen LogP) is 5.40. The first-order valence-electron chi connectivity index (χ1n) is 10.7. The van der Waals surface area contributed by atoms with Crippen molar-refractivity contribution in [2.24, 2.45) is 0 Å². The standard InChI is InChI=1S/C23H27Cl4N3O4S/c1-5-14(2)28-23(32)15(3)29(12-16-8-6-7-9-17(16)24)22(31)13-30(35(4,33)34)21-11-19(26)18(25)10-20(21)27/h6-11,14-15H,5,12-13H2,1-4H3,(H,28,32)/t14-,15+/m1/s1. The topological polar surface area (TPSA) is 86.8 Å². The molecule has 192 valence electrons. The van der Waals surface area contributed by atoms with Crippen molar-refractivity contribution in [3.8, 4) is 0 Å². The van der Waals surface area contributed by atoms with E-state index in [1.54, 1.807) is 31.2 Å². The van der Waals surface area contributed by atoms with Crippen LogP contribution in [0.25, 0.3) is 0 Å². The van der Waals surface area contributed by atoms with Gasteiger partial charge in [-0.2, -0.15) is 0 Å². The summed E-state index contributed by atoms with van der Waals surface area (Å²) in [6.07, 6.45) is 1.64. The van der Waals surface area contributed by atoms with E-state index in [1.165, 1.54) is 17.0 Å². The maximum atomic E-state index is 13.5. The Hall–Kier alpha value is -1.71. The Morgan fingerprint density at radius 3 is 2.14 bits per heavy atom. The molecular formula is C23H27Cl4N3O4S. The van der Waals surface area contributed by atoms with Gasteiger partial charge < -0.3 is 10.2 Å². The van der Waals surface area contributed by atoms with Gasteiger partial charge in [0.05, 0.1) is 27.0 Å². The normalized spacial score (nSPS) is 13.1. The Morgan fingerprint density at radius 2 is 1.57 bits per heavy atom. The van der Waals surface area contributed by atoms with Crippen molar-refractivity contribution >= 4 is 73.9 Å². The first-order valence-corrected chi connectivity index (χ1v) is 14.1. The lowest BCUT2D eigenvalue weighted by molar-refractivity contribution is -0.139. The minimum Gasteiger partial charge on any atom is -0.352 e. The maximum Gasteiger partial charge on any atom is 0.244 e. The molecule has 2 atom stereocenters. The number of hydrogen-bond donors (Lipinski definition) is 1. The molecule has 0 aliphatic carbocycles. The molecule has 35 heavy (non-hydrogen) atoms. The first kappa shape index (κ1) is 29.5. The second-order valence-electron chi connectivity index (χ2n) is 8.09. The number of amides is 2. The maximum absolute atomic E-state index is 13.5. The summed E-state index contributed by atoms with van der Waals surface area (Å²) in [5.41, 5.74) is 0.593. The van der Waals surface area contributed by atoms with Crippen LogP contribution in [0.1, 0.15) is 32.8 Å². The molecule has 0 aromatic heterocycles. The summed E-state index contributed by atoms with van der Waals surface area (Å²) < 4.78 is 26.2. The molecule has 0 radical (unpaired) electrons. The number of carbonyl (C=O) groups is 2. The van der Waals surface area contributed by atoms with Gasteiger partial charge in [-0.3, -0.25) is 13.9 Å². The van der Waals surface area contributed by atoms with Crippen molar-refractivity contribution in [1.29, 1.82) is 0 Å². The van der Waals surface area contributed by atoms with Crippen LogP contribution < -0.4 is 9.62 Å². The van der Waals surface area contributed by atoms with E-state index in [-0.39, 0.29) is 39.2 Å². The van der Waals surface area contributed by atoms with E-state index >= 15 is 0 Å². The minimum atomic E-state index is -3.98. The van der Waals surface area contributed by atoms with Gasteiger partial charge in [-0.1, -0.05) is 71.5 Å². The number of carbonyl (C=O) groups excluding carboxylic acids is 2. The van der Waals surface area contributed by atoms with E-state index in [1.807, 2.05) is 13.8 Å². The molecular weight excluding hydrogens is 556 g/mol. The molecule has 0 aliphatic heterocycles. The molecule has 7 nitrogen and oxygen atoms in total. The van der Waals surface area contributed by atoms with E-state index in [4.69, 9.17) is 46.4 Å². The van der Waals surface area contributed by atoms with Gasteiger partial charge in [-0.25, -0.2) is 8.42 Å². The second kappa shape index (κ2) is 12.5. The van der Waals surface area contributed by atoms with Crippen molar-refractivity contribution in [2.75, 3.05) is 17.1 Å². The quantitative estimate of drug-likeness (QED) is 0.380. The number of benzene rings is 2. The average Bonchev–Trinajstić information content (AvgIpc) is 2.78. The number of rotatable bonds is 10. The van der Waals surface area contributed by atoms with Gasteiger partial charge in [0, 0.05) is 17.6 Å². The third-order valence-electron chi connectivity index (χ3n) is 5.40. The highest BCUT2D eigenvalue weighted by Crippen LogP contribution is 2.35. The van der Waals surface area contributed by atoms with Gasteiger partial charge in [0.25, 0.3) is 0 Å². The van der Waals surface area contributed by atoms with Crippen LogP contribution in [0.5, 0.6) is 0 Å². The van der Waals surface area contributed by atoms with Crippen LogP contribution in [0.2, 0.25) is 20.1 Å². The van der Waals surface area contributed by atoms with Crippen molar-refractivity contribution in [3.63, 3.8) is 0 Å². The number of nitrogens with one attached hydrogen (secondary N) is 1. The highest BCUT2D eigenvalue weighted by Gasteiger charge is 2.31. The molecule has 2 amide bonds. The first-order chi connectivity index (χ1) is 16.3. The lowest BCUT2D eigenvalue weighted by Gasteiger charge is -2.32. The molecule has 0 fully saturated rings. The molecule has 2 aromatic carbocycles. The summed E-state index contributed by atoms with van der Waals surface area (Å²) in [7, 11) is -3.98. The number of sulfonamides is 1. The molecule has 0 saturated carbocycles. The molecule has 2 aromatic rings. The molecule has 1 N–H and O–H groups in total. The summed E-state index contributed by atoms with van der Waals surface area (Å²) >= 11 is 24.6. The molecule has 12 heteroatoms. The fourth-order valence-corrected chi connectivity index (χ4v) is 4.90. The van der Waals surface area contributed by atoms with Crippen molar-refractivity contribution in [2.45, 2.75) is 45.8 Å². The molecule has 0 aliphatic rings. The Balaban J connectivity index is 2.47. The zero-order valence-electron chi connectivity index (χ0n) is 19.7. The number of hydrogen-bond acceptors (Lipinski definition) is 4. The van der Waals surface area contributed by atoms with Crippen LogP contribution in [0.15, 0.2) is 36.4 Å². The summed E-state index contributed by atoms with van der Waals surface area (Å²) in [6.45, 7) is 4.71. The van der Waals surface area contributed by atoms with Gasteiger partial charge in [-0.15, -0.1) is 0 Å². The van der Waals surface area contributed by atoms with Crippen LogP contribution in [0.3, 0.4) is 0 Å². The fraction of sp³-hybridized carbons (Fsp3) is 0.391. The highest BCUT2D eigenvalue weighted by molar-refractivity contribution is 7.92. The van der Waals surface area contributed by atoms with Gasteiger partial charge in [0.15, 0.2) is 0 Å². The van der Waals surface area contributed by atoms with Crippen LogP contribution >= 0.6 is 46.4 Å². The van der Waals surface area contributed by atoms with E-state index in [0.717, 1.165) is 10.6 Å². The Kier molecular flexibility index (Phi) is 10.5. The van der Waals surface area contributed by atoms with Gasteiger partial charge in [-0.05, 0) is 44.0 Å². The molecule has 0 spiro atoms. The molecule has 0 bridgehead atoms. The Morgan fingerprint density at radius 1 is 0.971 bits per heavy atom. The van der Waals surface area contributed by atoms with Crippen LogP contribution in [-0.2, 0) is 26.2 Å². The fourth-order valence-electron chi connectivity index (χ4n) is 3.16. The van der Waals surface area contributed by atoms with Crippen LogP contribution in [0, 0.1) is 0 Å². The van der Waals surface area contributed by atoms with Crippen molar-refractivity contribution in [3.05, 3.63) is 62.1 Å². The van der Waals surface area contributed by atoms with E-state index in [2.05, 4.69) is 5.32 Å². The second-order valence-corrected chi connectivity index (χ2v) is 11.6. The van der Waals surface area contributed by atoms with Crippen molar-refractivity contribution in [1.82, 2.24) is 10.2 Å².